The van der Waals surface area contributed by atoms with Crippen LogP contribution in [0.4, 0.5) is 0 Å². The van der Waals surface area contributed by atoms with E-state index in [1.54, 1.807) is 0 Å². The smallest absolute Gasteiger partial charge is 0.222 e. The molecule has 1 saturated heterocycles. The van der Waals surface area contributed by atoms with E-state index in [1.165, 1.54) is 5.56 Å². The molecule has 1 aromatic carbocycles. The largest absolute Gasteiger partial charge is 0.339 e. The number of unbranched alkanes of at least 4 members (excludes halogenated alkanes) is 3. The van der Waals surface area contributed by atoms with Crippen LogP contribution in [0.5, 0.6) is 0 Å². The van der Waals surface area contributed by atoms with Crippen molar-refractivity contribution in [2.45, 2.75) is 57.4 Å². The van der Waals surface area contributed by atoms with Crippen LogP contribution in [0.15, 0.2) is 30.3 Å². The Bertz CT molecular complexity index is 424. The second-order valence-electron chi connectivity index (χ2n) is 6.03. The third-order valence-corrected chi connectivity index (χ3v) is 4.36. The lowest BCUT2D eigenvalue weighted by molar-refractivity contribution is -0.132. The second kappa shape index (κ2) is 10.6. The van der Waals surface area contributed by atoms with Crippen LogP contribution in [0, 0.1) is 0 Å². The quantitative estimate of drug-likeness (QED) is 0.743. The molecule has 22 heavy (non-hydrogen) atoms. The van der Waals surface area contributed by atoms with Crippen molar-refractivity contribution in [3.63, 3.8) is 0 Å². The Labute approximate surface area is 140 Å². The van der Waals surface area contributed by atoms with Crippen molar-refractivity contribution in [1.82, 2.24) is 4.90 Å². The number of likely N-dealkylation sites (tertiary alicyclic amines) is 1. The summed E-state index contributed by atoms with van der Waals surface area (Å²) in [6.45, 7) is 1.71. The zero-order valence-corrected chi connectivity index (χ0v) is 14.2. The van der Waals surface area contributed by atoms with Crippen molar-refractivity contribution in [1.29, 1.82) is 0 Å². The fraction of sp³-hybridized carbons (Fsp3) is 0.611. The summed E-state index contributed by atoms with van der Waals surface area (Å²) < 4.78 is 0. The summed E-state index contributed by atoms with van der Waals surface area (Å²) in [5, 5.41) is 0. The molecule has 0 spiro atoms. The van der Waals surface area contributed by atoms with Crippen LogP contribution in [0.1, 0.15) is 50.5 Å². The molecule has 1 atom stereocenters. The number of amides is 1. The maximum atomic E-state index is 12.4. The Morgan fingerprint density at radius 2 is 1.86 bits per heavy atom. The van der Waals surface area contributed by atoms with Gasteiger partial charge in [-0.25, -0.2) is 0 Å². The zero-order chi connectivity index (χ0) is 14.9. The van der Waals surface area contributed by atoms with Crippen LogP contribution in [0.2, 0.25) is 0 Å². The van der Waals surface area contributed by atoms with E-state index in [-0.39, 0.29) is 12.4 Å². The van der Waals surface area contributed by atoms with E-state index in [0.717, 1.165) is 58.0 Å². The molecule has 1 aliphatic rings. The Morgan fingerprint density at radius 3 is 2.59 bits per heavy atom. The minimum atomic E-state index is 0. The third kappa shape index (κ3) is 5.98. The van der Waals surface area contributed by atoms with Gasteiger partial charge in [0.1, 0.15) is 0 Å². The molecular formula is C18H29ClN2O. The van der Waals surface area contributed by atoms with Crippen molar-refractivity contribution in [3.8, 4) is 0 Å². The highest BCUT2D eigenvalue weighted by molar-refractivity contribution is 5.85. The monoisotopic (exact) mass is 324 g/mol. The summed E-state index contributed by atoms with van der Waals surface area (Å²) in [6.07, 6.45) is 8.36. The fourth-order valence-corrected chi connectivity index (χ4v) is 3.18. The SMILES string of the molecule is Cl.NCCCCCCC(=O)N1CCCC1Cc1ccccc1. The predicted molar refractivity (Wildman–Crippen MR) is 94.3 cm³/mol. The molecule has 0 radical (unpaired) electrons. The lowest BCUT2D eigenvalue weighted by Crippen LogP contribution is -2.36. The van der Waals surface area contributed by atoms with E-state index in [1.807, 2.05) is 6.07 Å². The highest BCUT2D eigenvalue weighted by Crippen LogP contribution is 2.22. The average molecular weight is 325 g/mol. The number of hydrogen-bond donors (Lipinski definition) is 1. The maximum absolute atomic E-state index is 12.4. The van der Waals surface area contributed by atoms with E-state index >= 15 is 0 Å². The summed E-state index contributed by atoms with van der Waals surface area (Å²) in [4.78, 5) is 14.5. The van der Waals surface area contributed by atoms with Gasteiger partial charge in [0.25, 0.3) is 0 Å². The lowest BCUT2D eigenvalue weighted by Gasteiger charge is -2.25. The Hall–Kier alpha value is -1.06. The Morgan fingerprint density at radius 1 is 1.14 bits per heavy atom. The molecule has 2 N–H and O–H groups in total. The molecule has 4 heteroatoms. The molecule has 1 amide bonds. The number of carbonyl (C=O) groups excluding carboxylic acids is 1. The van der Waals surface area contributed by atoms with E-state index in [9.17, 15) is 4.79 Å². The van der Waals surface area contributed by atoms with Crippen LogP contribution in [0.25, 0.3) is 0 Å². The third-order valence-electron chi connectivity index (χ3n) is 4.36. The first-order valence-electron chi connectivity index (χ1n) is 8.34. The molecule has 1 fully saturated rings. The van der Waals surface area contributed by atoms with E-state index < -0.39 is 0 Å². The van der Waals surface area contributed by atoms with Crippen LogP contribution in [0.3, 0.4) is 0 Å². The van der Waals surface area contributed by atoms with Crippen molar-refractivity contribution in [3.05, 3.63) is 35.9 Å². The molecule has 2 rings (SSSR count). The number of hydrogen-bond acceptors (Lipinski definition) is 2. The minimum Gasteiger partial charge on any atom is -0.339 e. The van der Waals surface area contributed by atoms with Gasteiger partial charge >= 0.3 is 0 Å². The van der Waals surface area contributed by atoms with Crippen molar-refractivity contribution < 1.29 is 4.79 Å². The molecule has 1 heterocycles. The summed E-state index contributed by atoms with van der Waals surface area (Å²) in [5.41, 5.74) is 6.82. The number of benzene rings is 1. The van der Waals surface area contributed by atoms with Gasteiger partial charge in [0, 0.05) is 19.0 Å². The lowest BCUT2D eigenvalue weighted by atomic mass is 10.0. The van der Waals surface area contributed by atoms with Gasteiger partial charge in [-0.3, -0.25) is 4.79 Å². The molecule has 3 nitrogen and oxygen atoms in total. The number of rotatable bonds is 8. The van der Waals surface area contributed by atoms with Gasteiger partial charge < -0.3 is 10.6 Å². The first kappa shape index (κ1) is 19.0. The summed E-state index contributed by atoms with van der Waals surface area (Å²) in [7, 11) is 0. The second-order valence-corrected chi connectivity index (χ2v) is 6.03. The molecule has 0 aliphatic carbocycles. The Balaban J connectivity index is 0.00000242. The summed E-state index contributed by atoms with van der Waals surface area (Å²) >= 11 is 0. The van der Waals surface area contributed by atoms with Gasteiger partial charge in [-0.15, -0.1) is 12.4 Å². The molecule has 0 bridgehead atoms. The molecular weight excluding hydrogens is 296 g/mol. The molecule has 1 unspecified atom stereocenters. The predicted octanol–water partition coefficient (Wildman–Crippen LogP) is 3.55. The van der Waals surface area contributed by atoms with Crippen LogP contribution >= 0.6 is 12.4 Å². The summed E-state index contributed by atoms with van der Waals surface area (Å²) in [5.74, 6) is 0.348. The molecule has 0 saturated carbocycles. The molecule has 1 aromatic rings. The van der Waals surface area contributed by atoms with Crippen molar-refractivity contribution in [2.75, 3.05) is 13.1 Å². The minimum absolute atomic E-state index is 0. The van der Waals surface area contributed by atoms with Crippen molar-refractivity contribution >= 4 is 18.3 Å². The normalized spacial score (nSPS) is 17.3. The molecule has 1 aliphatic heterocycles. The number of nitrogens with two attached hydrogens (primary N) is 1. The maximum Gasteiger partial charge on any atom is 0.222 e. The van der Waals surface area contributed by atoms with Gasteiger partial charge in [0.2, 0.25) is 5.91 Å². The van der Waals surface area contributed by atoms with E-state index in [2.05, 4.69) is 29.2 Å². The van der Waals surface area contributed by atoms with Gasteiger partial charge in [0.15, 0.2) is 0 Å². The zero-order valence-electron chi connectivity index (χ0n) is 13.4. The first-order chi connectivity index (χ1) is 10.3. The first-order valence-corrected chi connectivity index (χ1v) is 8.34. The van der Waals surface area contributed by atoms with Crippen LogP contribution in [-0.2, 0) is 11.2 Å². The van der Waals surface area contributed by atoms with Gasteiger partial charge in [-0.1, -0.05) is 43.2 Å². The highest BCUT2D eigenvalue weighted by Gasteiger charge is 2.28. The molecule has 124 valence electrons. The van der Waals surface area contributed by atoms with Gasteiger partial charge in [-0.05, 0) is 44.2 Å². The highest BCUT2D eigenvalue weighted by atomic mass is 35.5. The van der Waals surface area contributed by atoms with Crippen molar-refractivity contribution in [2.24, 2.45) is 5.73 Å². The topological polar surface area (TPSA) is 46.3 Å². The van der Waals surface area contributed by atoms with Gasteiger partial charge in [0.05, 0.1) is 0 Å². The van der Waals surface area contributed by atoms with E-state index in [0.29, 0.717) is 18.4 Å². The molecule has 0 aromatic heterocycles. The Kier molecular flexibility index (Phi) is 9.17. The number of carbonyl (C=O) groups is 1. The number of nitrogens with zero attached hydrogens (tertiary/aromatic N) is 1. The number of halogens is 1. The van der Waals surface area contributed by atoms with Crippen LogP contribution < -0.4 is 5.73 Å². The van der Waals surface area contributed by atoms with Crippen LogP contribution in [-0.4, -0.2) is 29.9 Å². The standard InChI is InChI=1S/C18H28N2O.ClH/c19-13-7-2-1-6-12-18(21)20-14-8-11-17(20)15-16-9-4-3-5-10-16;/h3-5,9-10,17H,1-2,6-8,11-15,19H2;1H. The van der Waals surface area contributed by atoms with E-state index in [4.69, 9.17) is 5.73 Å². The van der Waals surface area contributed by atoms with Gasteiger partial charge in [-0.2, -0.15) is 0 Å². The average Bonchev–Trinajstić information content (AvgIpc) is 2.96. The fourth-order valence-electron chi connectivity index (χ4n) is 3.18. The summed E-state index contributed by atoms with van der Waals surface area (Å²) in [6, 6.07) is 10.9.